The third-order valence-corrected chi connectivity index (χ3v) is 1.69. The zero-order valence-electron chi connectivity index (χ0n) is 6.82. The molecule has 1 aromatic rings. The first-order valence-electron chi connectivity index (χ1n) is 3.66. The minimum absolute atomic E-state index is 0.0883. The molecule has 0 unspecified atom stereocenters. The Morgan fingerprint density at radius 3 is 3.00 bits per heavy atom. The molecule has 0 N–H and O–H groups in total. The highest BCUT2D eigenvalue weighted by Gasteiger charge is 2.03. The Morgan fingerprint density at radius 2 is 2.55 bits per heavy atom. The predicted octanol–water partition coefficient (Wildman–Crippen LogP) is 0.798. The number of aryl methyl sites for hydroxylation is 1. The SMILES string of the molecule is C[C@@H](C=O)Cc1ccnn1C. The van der Waals surface area contributed by atoms with E-state index in [0.717, 1.165) is 18.4 Å². The first-order valence-corrected chi connectivity index (χ1v) is 3.66. The zero-order valence-corrected chi connectivity index (χ0v) is 6.82. The Balaban J connectivity index is 2.63. The number of aldehydes is 1. The van der Waals surface area contributed by atoms with Crippen LogP contribution in [0.25, 0.3) is 0 Å². The molecule has 0 spiro atoms. The van der Waals surface area contributed by atoms with Gasteiger partial charge in [-0.15, -0.1) is 0 Å². The molecule has 0 aliphatic rings. The van der Waals surface area contributed by atoms with Gasteiger partial charge in [0.25, 0.3) is 0 Å². The molecule has 3 nitrogen and oxygen atoms in total. The second-order valence-electron chi connectivity index (χ2n) is 2.76. The Bertz CT molecular complexity index is 242. The fourth-order valence-electron chi connectivity index (χ4n) is 0.980. The van der Waals surface area contributed by atoms with Gasteiger partial charge in [-0.25, -0.2) is 0 Å². The Hall–Kier alpha value is -1.12. The maximum Gasteiger partial charge on any atom is 0.123 e. The van der Waals surface area contributed by atoms with Crippen molar-refractivity contribution in [1.29, 1.82) is 0 Å². The van der Waals surface area contributed by atoms with Gasteiger partial charge in [0.15, 0.2) is 0 Å². The number of carbonyl (C=O) groups excluding carboxylic acids is 1. The standard InChI is InChI=1S/C8H12N2O/c1-7(6-11)5-8-3-4-9-10(8)2/h3-4,6-7H,5H2,1-2H3/t7-/m1/s1. The average molecular weight is 152 g/mol. The second-order valence-corrected chi connectivity index (χ2v) is 2.76. The van der Waals surface area contributed by atoms with Crippen LogP contribution in [-0.2, 0) is 18.3 Å². The van der Waals surface area contributed by atoms with Crippen molar-refractivity contribution in [3.05, 3.63) is 18.0 Å². The van der Waals surface area contributed by atoms with Crippen LogP contribution in [-0.4, -0.2) is 16.1 Å². The van der Waals surface area contributed by atoms with E-state index in [4.69, 9.17) is 0 Å². The third-order valence-electron chi connectivity index (χ3n) is 1.69. The number of aromatic nitrogens is 2. The summed E-state index contributed by atoms with van der Waals surface area (Å²) in [4.78, 5) is 10.3. The van der Waals surface area contributed by atoms with Crippen molar-refractivity contribution >= 4 is 6.29 Å². The highest BCUT2D eigenvalue weighted by molar-refractivity contribution is 5.53. The molecular formula is C8H12N2O. The van der Waals surface area contributed by atoms with Crippen LogP contribution in [0.3, 0.4) is 0 Å². The van der Waals surface area contributed by atoms with E-state index in [1.165, 1.54) is 0 Å². The van der Waals surface area contributed by atoms with E-state index in [-0.39, 0.29) is 5.92 Å². The molecule has 0 fully saturated rings. The number of rotatable bonds is 3. The van der Waals surface area contributed by atoms with Crippen LogP contribution in [0, 0.1) is 5.92 Å². The molecule has 0 aliphatic heterocycles. The van der Waals surface area contributed by atoms with Gasteiger partial charge in [-0.1, -0.05) is 6.92 Å². The quantitative estimate of drug-likeness (QED) is 0.600. The van der Waals surface area contributed by atoms with E-state index in [9.17, 15) is 4.79 Å². The van der Waals surface area contributed by atoms with Gasteiger partial charge >= 0.3 is 0 Å². The van der Waals surface area contributed by atoms with Crippen LogP contribution in [0.15, 0.2) is 12.3 Å². The summed E-state index contributed by atoms with van der Waals surface area (Å²) in [6.07, 6.45) is 3.49. The largest absolute Gasteiger partial charge is 0.303 e. The Morgan fingerprint density at radius 1 is 1.82 bits per heavy atom. The van der Waals surface area contributed by atoms with Gasteiger partial charge in [0, 0.05) is 24.9 Å². The zero-order chi connectivity index (χ0) is 8.27. The monoisotopic (exact) mass is 152 g/mol. The van der Waals surface area contributed by atoms with Crippen molar-refractivity contribution in [2.45, 2.75) is 13.3 Å². The van der Waals surface area contributed by atoms with E-state index >= 15 is 0 Å². The van der Waals surface area contributed by atoms with Gasteiger partial charge in [-0.2, -0.15) is 5.10 Å². The minimum Gasteiger partial charge on any atom is -0.303 e. The van der Waals surface area contributed by atoms with Crippen molar-refractivity contribution in [3.63, 3.8) is 0 Å². The summed E-state index contributed by atoms with van der Waals surface area (Å²) in [7, 11) is 1.88. The summed E-state index contributed by atoms with van der Waals surface area (Å²) < 4.78 is 1.79. The van der Waals surface area contributed by atoms with Crippen LogP contribution >= 0.6 is 0 Å². The molecular weight excluding hydrogens is 140 g/mol. The molecule has 1 heterocycles. The van der Waals surface area contributed by atoms with E-state index in [2.05, 4.69) is 5.10 Å². The van der Waals surface area contributed by atoms with Crippen LogP contribution < -0.4 is 0 Å². The lowest BCUT2D eigenvalue weighted by Gasteiger charge is -2.02. The fourth-order valence-corrected chi connectivity index (χ4v) is 0.980. The van der Waals surface area contributed by atoms with Crippen molar-refractivity contribution in [1.82, 2.24) is 9.78 Å². The van der Waals surface area contributed by atoms with Gasteiger partial charge in [-0.3, -0.25) is 4.68 Å². The lowest BCUT2D eigenvalue weighted by Crippen LogP contribution is -2.05. The van der Waals surface area contributed by atoms with E-state index < -0.39 is 0 Å². The number of hydrogen-bond acceptors (Lipinski definition) is 2. The van der Waals surface area contributed by atoms with E-state index in [1.54, 1.807) is 10.9 Å². The summed E-state index contributed by atoms with van der Waals surface area (Å²) >= 11 is 0. The van der Waals surface area contributed by atoms with Crippen molar-refractivity contribution in [2.75, 3.05) is 0 Å². The highest BCUT2D eigenvalue weighted by Crippen LogP contribution is 2.03. The highest BCUT2D eigenvalue weighted by atomic mass is 16.1. The molecule has 11 heavy (non-hydrogen) atoms. The van der Waals surface area contributed by atoms with Crippen LogP contribution in [0.1, 0.15) is 12.6 Å². The van der Waals surface area contributed by atoms with Crippen molar-refractivity contribution < 1.29 is 4.79 Å². The summed E-state index contributed by atoms with van der Waals surface area (Å²) in [6, 6.07) is 1.93. The van der Waals surface area contributed by atoms with E-state index in [1.807, 2.05) is 20.0 Å². The average Bonchev–Trinajstić information content (AvgIpc) is 2.37. The molecule has 1 aromatic heterocycles. The summed E-state index contributed by atoms with van der Waals surface area (Å²) in [5.41, 5.74) is 1.10. The van der Waals surface area contributed by atoms with Gasteiger partial charge < -0.3 is 4.79 Å². The molecule has 0 amide bonds. The summed E-state index contributed by atoms with van der Waals surface area (Å²) in [5, 5.41) is 4.00. The number of carbonyl (C=O) groups is 1. The molecule has 0 aromatic carbocycles. The number of hydrogen-bond donors (Lipinski definition) is 0. The lowest BCUT2D eigenvalue weighted by atomic mass is 10.1. The Labute approximate surface area is 66.0 Å². The first-order chi connectivity index (χ1) is 5.24. The van der Waals surface area contributed by atoms with E-state index in [0.29, 0.717) is 0 Å². The third kappa shape index (κ3) is 1.90. The molecule has 0 bridgehead atoms. The van der Waals surface area contributed by atoms with Gasteiger partial charge in [0.1, 0.15) is 6.29 Å². The minimum atomic E-state index is 0.0883. The maximum atomic E-state index is 10.3. The fraction of sp³-hybridized carbons (Fsp3) is 0.500. The topological polar surface area (TPSA) is 34.9 Å². The smallest absolute Gasteiger partial charge is 0.123 e. The molecule has 3 heteroatoms. The lowest BCUT2D eigenvalue weighted by molar-refractivity contribution is -0.110. The molecule has 1 rings (SSSR count). The van der Waals surface area contributed by atoms with Crippen LogP contribution in [0.2, 0.25) is 0 Å². The van der Waals surface area contributed by atoms with Gasteiger partial charge in [0.2, 0.25) is 0 Å². The second kappa shape index (κ2) is 3.32. The molecule has 0 aliphatic carbocycles. The normalized spacial score (nSPS) is 12.9. The van der Waals surface area contributed by atoms with Gasteiger partial charge in [0.05, 0.1) is 0 Å². The first kappa shape index (κ1) is 7.98. The Kier molecular flexibility index (Phi) is 2.41. The number of nitrogens with zero attached hydrogens (tertiary/aromatic N) is 2. The van der Waals surface area contributed by atoms with Gasteiger partial charge in [-0.05, 0) is 12.5 Å². The van der Waals surface area contributed by atoms with Crippen LogP contribution in [0.5, 0.6) is 0 Å². The molecule has 1 atom stereocenters. The molecule has 0 saturated carbocycles. The predicted molar refractivity (Wildman–Crippen MR) is 42.1 cm³/mol. The molecule has 0 radical (unpaired) electrons. The molecule has 0 saturated heterocycles. The maximum absolute atomic E-state index is 10.3. The van der Waals surface area contributed by atoms with Crippen molar-refractivity contribution in [3.8, 4) is 0 Å². The van der Waals surface area contributed by atoms with Crippen molar-refractivity contribution in [2.24, 2.45) is 13.0 Å². The summed E-state index contributed by atoms with van der Waals surface area (Å²) in [6.45, 7) is 1.90. The van der Waals surface area contributed by atoms with Crippen LogP contribution in [0.4, 0.5) is 0 Å². The summed E-state index contributed by atoms with van der Waals surface area (Å²) in [5.74, 6) is 0.0883. The molecule has 60 valence electrons.